The summed E-state index contributed by atoms with van der Waals surface area (Å²) in [5.41, 5.74) is 1.36. The van der Waals surface area contributed by atoms with Gasteiger partial charge < -0.3 is 10.1 Å². The van der Waals surface area contributed by atoms with E-state index in [1.165, 1.54) is 10.5 Å². The molecule has 0 saturated carbocycles. The minimum absolute atomic E-state index is 0.765. The van der Waals surface area contributed by atoms with Gasteiger partial charge in [-0.3, -0.25) is 0 Å². The zero-order chi connectivity index (χ0) is 10.2. The smallest absolute Gasteiger partial charge is 0.0587 e. The van der Waals surface area contributed by atoms with Crippen LogP contribution in [0.5, 0.6) is 0 Å². The third-order valence-corrected chi connectivity index (χ3v) is 2.83. The van der Waals surface area contributed by atoms with Crippen molar-refractivity contribution in [3.8, 4) is 0 Å². The highest BCUT2D eigenvalue weighted by Crippen LogP contribution is 2.19. The summed E-state index contributed by atoms with van der Waals surface area (Å²) in [4.78, 5) is 1.34. The summed E-state index contributed by atoms with van der Waals surface area (Å²) in [5.74, 6) is 0. The van der Waals surface area contributed by atoms with Gasteiger partial charge in [-0.1, -0.05) is 18.2 Å². The number of benzene rings is 1. The second-order valence-corrected chi connectivity index (χ2v) is 3.83. The highest BCUT2D eigenvalue weighted by atomic mass is 32.2. The van der Waals surface area contributed by atoms with Crippen molar-refractivity contribution in [2.45, 2.75) is 11.4 Å². The first-order chi connectivity index (χ1) is 6.88. The lowest BCUT2D eigenvalue weighted by Gasteiger charge is -2.07. The average Bonchev–Trinajstić information content (AvgIpc) is 2.25. The number of rotatable bonds is 6. The van der Waals surface area contributed by atoms with E-state index in [1.54, 1.807) is 18.9 Å². The monoisotopic (exact) mass is 211 g/mol. The summed E-state index contributed by atoms with van der Waals surface area (Å²) in [6.45, 7) is 2.58. The topological polar surface area (TPSA) is 21.3 Å². The molecule has 0 aliphatic carbocycles. The van der Waals surface area contributed by atoms with E-state index in [9.17, 15) is 0 Å². The quantitative estimate of drug-likeness (QED) is 0.575. The standard InChI is InChI=1S/C11H17NOS/c1-13-8-7-12-9-10-5-3-4-6-11(10)14-2/h3-6,12H,7-9H2,1-2H3. The molecule has 0 spiro atoms. The number of thioether (sulfide) groups is 1. The van der Waals surface area contributed by atoms with Crippen LogP contribution in [0.4, 0.5) is 0 Å². The van der Waals surface area contributed by atoms with Crippen LogP contribution < -0.4 is 5.32 Å². The zero-order valence-electron chi connectivity index (χ0n) is 8.75. The van der Waals surface area contributed by atoms with Crippen molar-refractivity contribution >= 4 is 11.8 Å². The van der Waals surface area contributed by atoms with Gasteiger partial charge in [0, 0.05) is 25.1 Å². The fourth-order valence-corrected chi connectivity index (χ4v) is 1.86. The molecular formula is C11H17NOS. The van der Waals surface area contributed by atoms with Crippen molar-refractivity contribution < 1.29 is 4.74 Å². The lowest BCUT2D eigenvalue weighted by molar-refractivity contribution is 0.199. The Hall–Kier alpha value is -0.510. The SMILES string of the molecule is COCCNCc1ccccc1SC. The summed E-state index contributed by atoms with van der Waals surface area (Å²) in [5, 5.41) is 3.34. The van der Waals surface area contributed by atoms with Crippen LogP contribution >= 0.6 is 11.8 Å². The van der Waals surface area contributed by atoms with Gasteiger partial charge >= 0.3 is 0 Å². The van der Waals surface area contributed by atoms with Gasteiger partial charge in [0.25, 0.3) is 0 Å². The third kappa shape index (κ3) is 3.70. The van der Waals surface area contributed by atoms with E-state index < -0.39 is 0 Å². The van der Waals surface area contributed by atoms with Crippen LogP contribution in [0.3, 0.4) is 0 Å². The van der Waals surface area contributed by atoms with E-state index in [1.807, 2.05) is 0 Å². The molecule has 2 nitrogen and oxygen atoms in total. The van der Waals surface area contributed by atoms with E-state index >= 15 is 0 Å². The predicted octanol–water partition coefficient (Wildman–Crippen LogP) is 2.14. The van der Waals surface area contributed by atoms with Crippen LogP contribution in [-0.2, 0) is 11.3 Å². The highest BCUT2D eigenvalue weighted by Gasteiger charge is 1.98. The molecule has 0 radical (unpaired) electrons. The van der Waals surface area contributed by atoms with Gasteiger partial charge in [-0.2, -0.15) is 0 Å². The molecular weight excluding hydrogens is 194 g/mol. The van der Waals surface area contributed by atoms with Crippen molar-refractivity contribution in [3.05, 3.63) is 29.8 Å². The summed E-state index contributed by atoms with van der Waals surface area (Å²) in [7, 11) is 1.72. The number of hydrogen-bond donors (Lipinski definition) is 1. The Morgan fingerprint density at radius 2 is 2.14 bits per heavy atom. The van der Waals surface area contributed by atoms with Crippen molar-refractivity contribution in [3.63, 3.8) is 0 Å². The van der Waals surface area contributed by atoms with E-state index in [-0.39, 0.29) is 0 Å². The lowest BCUT2D eigenvalue weighted by Crippen LogP contribution is -2.18. The molecule has 0 aromatic heterocycles. The first kappa shape index (κ1) is 11.6. The molecule has 1 aromatic carbocycles. The van der Waals surface area contributed by atoms with Crippen LogP contribution in [0.2, 0.25) is 0 Å². The molecule has 0 amide bonds. The van der Waals surface area contributed by atoms with Crippen molar-refractivity contribution in [1.29, 1.82) is 0 Å². The van der Waals surface area contributed by atoms with Crippen molar-refractivity contribution in [2.24, 2.45) is 0 Å². The Morgan fingerprint density at radius 1 is 1.36 bits per heavy atom. The Labute approximate surface area is 90.0 Å². The largest absolute Gasteiger partial charge is 0.383 e. The lowest BCUT2D eigenvalue weighted by atomic mass is 10.2. The molecule has 1 aromatic rings. The number of ether oxygens (including phenoxy) is 1. The van der Waals surface area contributed by atoms with Crippen LogP contribution in [-0.4, -0.2) is 26.5 Å². The minimum Gasteiger partial charge on any atom is -0.383 e. The molecule has 14 heavy (non-hydrogen) atoms. The number of nitrogens with one attached hydrogen (secondary N) is 1. The van der Waals surface area contributed by atoms with Gasteiger partial charge in [0.15, 0.2) is 0 Å². The minimum atomic E-state index is 0.765. The summed E-state index contributed by atoms with van der Waals surface area (Å²) < 4.78 is 4.97. The Bertz CT molecular complexity index is 265. The van der Waals surface area contributed by atoms with E-state index in [0.29, 0.717) is 0 Å². The zero-order valence-corrected chi connectivity index (χ0v) is 9.56. The molecule has 0 aliphatic heterocycles. The Morgan fingerprint density at radius 3 is 2.86 bits per heavy atom. The van der Waals surface area contributed by atoms with E-state index in [2.05, 4.69) is 35.8 Å². The van der Waals surface area contributed by atoms with Gasteiger partial charge in [0.2, 0.25) is 0 Å². The summed E-state index contributed by atoms with van der Waals surface area (Å²) in [6.07, 6.45) is 2.11. The van der Waals surface area contributed by atoms with Gasteiger partial charge in [-0.15, -0.1) is 11.8 Å². The first-order valence-electron chi connectivity index (χ1n) is 4.70. The predicted molar refractivity (Wildman–Crippen MR) is 61.8 cm³/mol. The van der Waals surface area contributed by atoms with Gasteiger partial charge in [-0.05, 0) is 17.9 Å². The molecule has 1 rings (SSSR count). The summed E-state index contributed by atoms with van der Waals surface area (Å²) in [6, 6.07) is 8.46. The molecule has 0 aliphatic rings. The molecule has 0 bridgehead atoms. The van der Waals surface area contributed by atoms with Crippen LogP contribution in [0, 0.1) is 0 Å². The maximum Gasteiger partial charge on any atom is 0.0587 e. The van der Waals surface area contributed by atoms with Crippen LogP contribution in [0.25, 0.3) is 0 Å². The number of methoxy groups -OCH3 is 1. The van der Waals surface area contributed by atoms with E-state index in [0.717, 1.165) is 19.7 Å². The van der Waals surface area contributed by atoms with Gasteiger partial charge in [-0.25, -0.2) is 0 Å². The highest BCUT2D eigenvalue weighted by molar-refractivity contribution is 7.98. The average molecular weight is 211 g/mol. The first-order valence-corrected chi connectivity index (χ1v) is 5.92. The Balaban J connectivity index is 2.41. The summed E-state index contributed by atoms with van der Waals surface area (Å²) >= 11 is 1.79. The molecule has 0 unspecified atom stereocenters. The molecule has 1 N–H and O–H groups in total. The molecule has 0 atom stereocenters. The normalized spacial score (nSPS) is 10.4. The van der Waals surface area contributed by atoms with Gasteiger partial charge in [0.05, 0.1) is 6.61 Å². The fraction of sp³-hybridized carbons (Fsp3) is 0.455. The maximum atomic E-state index is 4.97. The van der Waals surface area contributed by atoms with Crippen molar-refractivity contribution in [1.82, 2.24) is 5.32 Å². The Kier molecular flexibility index (Phi) is 5.68. The molecule has 3 heteroatoms. The fourth-order valence-electron chi connectivity index (χ4n) is 1.25. The van der Waals surface area contributed by atoms with E-state index in [4.69, 9.17) is 4.74 Å². The molecule has 0 heterocycles. The second kappa shape index (κ2) is 6.87. The number of hydrogen-bond acceptors (Lipinski definition) is 3. The second-order valence-electron chi connectivity index (χ2n) is 2.98. The van der Waals surface area contributed by atoms with Gasteiger partial charge in [0.1, 0.15) is 0 Å². The van der Waals surface area contributed by atoms with Crippen molar-refractivity contribution in [2.75, 3.05) is 26.5 Å². The van der Waals surface area contributed by atoms with Crippen LogP contribution in [0.1, 0.15) is 5.56 Å². The maximum absolute atomic E-state index is 4.97. The molecule has 78 valence electrons. The molecule has 0 saturated heterocycles. The van der Waals surface area contributed by atoms with Crippen LogP contribution in [0.15, 0.2) is 29.2 Å². The third-order valence-electron chi connectivity index (χ3n) is 1.99. The molecule has 0 fully saturated rings.